The van der Waals surface area contributed by atoms with E-state index in [1.807, 2.05) is 35.2 Å². The summed E-state index contributed by atoms with van der Waals surface area (Å²) in [6.45, 7) is 1.35. The Kier molecular flexibility index (Phi) is 5.92. The molecule has 0 radical (unpaired) electrons. The van der Waals surface area contributed by atoms with E-state index in [0.29, 0.717) is 13.1 Å². The van der Waals surface area contributed by atoms with E-state index >= 15 is 0 Å². The van der Waals surface area contributed by atoms with Gasteiger partial charge in [0.25, 0.3) is 0 Å². The van der Waals surface area contributed by atoms with Crippen molar-refractivity contribution < 1.29 is 18.0 Å². The Morgan fingerprint density at radius 3 is 2.47 bits per heavy atom. The van der Waals surface area contributed by atoms with E-state index in [-0.39, 0.29) is 21.7 Å². The second kappa shape index (κ2) is 8.47. The number of likely N-dealkylation sites (tertiary alicyclic amines) is 1. The van der Waals surface area contributed by atoms with Gasteiger partial charge in [0.2, 0.25) is 5.91 Å². The van der Waals surface area contributed by atoms with Crippen molar-refractivity contribution in [1.29, 1.82) is 0 Å². The lowest BCUT2D eigenvalue weighted by Crippen LogP contribution is -2.38. The second-order valence-electron chi connectivity index (χ2n) is 7.05. The molecule has 1 fully saturated rings. The van der Waals surface area contributed by atoms with Crippen molar-refractivity contribution in [2.75, 3.05) is 13.1 Å². The maximum Gasteiger partial charge on any atom is 0.417 e. The Labute approximate surface area is 180 Å². The Morgan fingerprint density at radius 2 is 1.80 bits per heavy atom. The SMILES string of the molecule is O=C([C@H](Sc1nnc2c(Cl)cc(C(F)(F)F)cn12)c1ccccc1)N1CCCCC1. The van der Waals surface area contributed by atoms with E-state index in [2.05, 4.69) is 10.2 Å². The number of thioether (sulfide) groups is 1. The minimum atomic E-state index is -4.56. The van der Waals surface area contributed by atoms with Gasteiger partial charge < -0.3 is 4.90 Å². The summed E-state index contributed by atoms with van der Waals surface area (Å²) in [7, 11) is 0. The molecule has 1 saturated heterocycles. The van der Waals surface area contributed by atoms with Crippen molar-refractivity contribution in [3.05, 3.63) is 58.7 Å². The molecular weight excluding hydrogens is 437 g/mol. The average Bonchev–Trinajstić information content (AvgIpc) is 3.15. The zero-order chi connectivity index (χ0) is 21.3. The monoisotopic (exact) mass is 454 g/mol. The van der Waals surface area contributed by atoms with Crippen molar-refractivity contribution >= 4 is 34.9 Å². The summed E-state index contributed by atoms with van der Waals surface area (Å²) in [5, 5.41) is 7.33. The Balaban J connectivity index is 1.73. The number of amides is 1. The quantitative estimate of drug-likeness (QED) is 0.505. The number of alkyl halides is 3. The molecule has 0 N–H and O–H groups in total. The van der Waals surface area contributed by atoms with Crippen LogP contribution in [-0.2, 0) is 11.0 Å². The highest BCUT2D eigenvalue weighted by Gasteiger charge is 2.33. The summed E-state index contributed by atoms with van der Waals surface area (Å²) in [6, 6.07) is 9.99. The fourth-order valence-corrected chi connectivity index (χ4v) is 4.78. The first-order valence-corrected chi connectivity index (χ1v) is 10.7. The zero-order valence-electron chi connectivity index (χ0n) is 15.8. The summed E-state index contributed by atoms with van der Waals surface area (Å²) in [5.74, 6) is -0.0827. The molecule has 1 aliphatic rings. The first-order valence-electron chi connectivity index (χ1n) is 9.46. The van der Waals surface area contributed by atoms with E-state index in [0.717, 1.165) is 48.9 Å². The van der Waals surface area contributed by atoms with Gasteiger partial charge in [0.1, 0.15) is 5.25 Å². The van der Waals surface area contributed by atoms with Gasteiger partial charge >= 0.3 is 6.18 Å². The van der Waals surface area contributed by atoms with Crippen molar-refractivity contribution in [3.8, 4) is 0 Å². The van der Waals surface area contributed by atoms with Crippen LogP contribution in [-0.4, -0.2) is 38.5 Å². The van der Waals surface area contributed by atoms with E-state index in [4.69, 9.17) is 11.6 Å². The van der Waals surface area contributed by atoms with Gasteiger partial charge in [0.05, 0.1) is 10.6 Å². The van der Waals surface area contributed by atoms with Gasteiger partial charge in [-0.2, -0.15) is 13.2 Å². The van der Waals surface area contributed by atoms with Crippen LogP contribution >= 0.6 is 23.4 Å². The third kappa shape index (κ3) is 4.27. The van der Waals surface area contributed by atoms with Gasteiger partial charge in [-0.1, -0.05) is 53.7 Å². The zero-order valence-corrected chi connectivity index (χ0v) is 17.3. The Morgan fingerprint density at radius 1 is 1.10 bits per heavy atom. The molecule has 10 heteroatoms. The standard InChI is InChI=1S/C20H18ClF3N4OS/c21-15-11-14(20(22,23)24)12-28-17(15)25-26-19(28)30-16(13-7-3-1-4-8-13)18(29)27-9-5-2-6-10-27/h1,3-4,7-8,11-12,16H,2,5-6,9-10H2/t16-/m1/s1. The number of hydrogen-bond donors (Lipinski definition) is 0. The average molecular weight is 455 g/mol. The van der Waals surface area contributed by atoms with Crippen LogP contribution in [0, 0.1) is 0 Å². The van der Waals surface area contributed by atoms with Gasteiger partial charge in [-0.15, -0.1) is 10.2 Å². The first-order chi connectivity index (χ1) is 14.3. The molecule has 0 bridgehead atoms. The lowest BCUT2D eigenvalue weighted by molar-refractivity contribution is -0.138. The van der Waals surface area contributed by atoms with Gasteiger partial charge in [0.15, 0.2) is 10.8 Å². The second-order valence-corrected chi connectivity index (χ2v) is 8.52. The molecule has 158 valence electrons. The molecule has 0 saturated carbocycles. The third-order valence-corrected chi connectivity index (χ3v) is 6.45. The van der Waals surface area contributed by atoms with E-state index in [1.54, 1.807) is 0 Å². The van der Waals surface area contributed by atoms with Gasteiger partial charge in [-0.25, -0.2) is 0 Å². The van der Waals surface area contributed by atoms with Crippen LogP contribution in [0.1, 0.15) is 35.6 Å². The van der Waals surface area contributed by atoms with E-state index in [1.165, 1.54) is 4.40 Å². The van der Waals surface area contributed by atoms with E-state index in [9.17, 15) is 18.0 Å². The summed E-state index contributed by atoms with van der Waals surface area (Å²) in [4.78, 5) is 15.1. The largest absolute Gasteiger partial charge is 0.417 e. The number of rotatable bonds is 4. The predicted molar refractivity (Wildman–Crippen MR) is 108 cm³/mol. The summed E-state index contributed by atoms with van der Waals surface area (Å²) in [5.41, 5.74) is -0.0300. The number of benzene rings is 1. The number of halogens is 4. The normalized spacial score (nSPS) is 16.1. The fourth-order valence-electron chi connectivity index (χ4n) is 3.44. The predicted octanol–water partition coefficient (Wildman–Crippen LogP) is 5.25. The topological polar surface area (TPSA) is 50.5 Å². The number of aromatic nitrogens is 3. The number of pyridine rings is 1. The van der Waals surface area contributed by atoms with Gasteiger partial charge in [-0.3, -0.25) is 9.20 Å². The van der Waals surface area contributed by atoms with Crippen LogP contribution in [0.15, 0.2) is 47.8 Å². The molecule has 1 aliphatic heterocycles. The molecule has 0 unspecified atom stereocenters. The van der Waals surface area contributed by atoms with Crippen molar-refractivity contribution in [3.63, 3.8) is 0 Å². The van der Waals surface area contributed by atoms with Gasteiger partial charge in [0, 0.05) is 19.3 Å². The highest BCUT2D eigenvalue weighted by molar-refractivity contribution is 8.00. The molecule has 1 aromatic carbocycles. The number of piperidine rings is 1. The van der Waals surface area contributed by atoms with Gasteiger partial charge in [-0.05, 0) is 30.9 Å². The number of nitrogens with zero attached hydrogens (tertiary/aromatic N) is 4. The minimum absolute atomic E-state index is 0.0827. The molecule has 30 heavy (non-hydrogen) atoms. The van der Waals surface area contributed by atoms with Crippen LogP contribution in [0.4, 0.5) is 13.2 Å². The maximum absolute atomic E-state index is 13.3. The maximum atomic E-state index is 13.3. The van der Waals surface area contributed by atoms with Crippen LogP contribution in [0.5, 0.6) is 0 Å². The molecule has 0 spiro atoms. The molecule has 4 rings (SSSR count). The van der Waals surface area contributed by atoms with Crippen LogP contribution in [0.3, 0.4) is 0 Å². The number of hydrogen-bond acceptors (Lipinski definition) is 4. The lowest BCUT2D eigenvalue weighted by Gasteiger charge is -2.30. The van der Waals surface area contributed by atoms with Crippen molar-refractivity contribution in [2.45, 2.75) is 35.8 Å². The summed E-state index contributed by atoms with van der Waals surface area (Å²) < 4.78 is 41.0. The molecule has 3 heterocycles. The molecule has 1 atom stereocenters. The molecule has 2 aromatic heterocycles. The Bertz CT molecular complexity index is 1050. The van der Waals surface area contributed by atoms with Crippen molar-refractivity contribution in [1.82, 2.24) is 19.5 Å². The smallest absolute Gasteiger partial charge is 0.341 e. The molecule has 5 nitrogen and oxygen atoms in total. The molecule has 0 aliphatic carbocycles. The number of carbonyl (C=O) groups is 1. The van der Waals surface area contributed by atoms with Crippen LogP contribution < -0.4 is 0 Å². The molecule has 3 aromatic rings. The molecule has 1 amide bonds. The highest BCUT2D eigenvalue weighted by Crippen LogP contribution is 2.38. The number of carbonyl (C=O) groups excluding carboxylic acids is 1. The lowest BCUT2D eigenvalue weighted by atomic mass is 10.1. The molecular formula is C20H18ClF3N4OS. The summed E-state index contributed by atoms with van der Waals surface area (Å²) in [6.07, 6.45) is -0.684. The van der Waals surface area contributed by atoms with Crippen LogP contribution in [0.25, 0.3) is 5.65 Å². The van der Waals surface area contributed by atoms with E-state index < -0.39 is 17.0 Å². The minimum Gasteiger partial charge on any atom is -0.341 e. The van der Waals surface area contributed by atoms with Crippen molar-refractivity contribution in [2.24, 2.45) is 0 Å². The third-order valence-electron chi connectivity index (χ3n) is 4.97. The number of fused-ring (bicyclic) bond motifs is 1. The fraction of sp³-hybridized carbons (Fsp3) is 0.350. The first kappa shape index (κ1) is 21.0. The Hall–Kier alpha value is -2.26. The highest BCUT2D eigenvalue weighted by atomic mass is 35.5. The summed E-state index contributed by atoms with van der Waals surface area (Å²) >= 11 is 7.09. The van der Waals surface area contributed by atoms with Crippen LogP contribution in [0.2, 0.25) is 5.02 Å².